The van der Waals surface area contributed by atoms with E-state index in [1.165, 1.54) is 0 Å². The lowest BCUT2D eigenvalue weighted by Gasteiger charge is -2.18. The Kier molecular flexibility index (Phi) is 2.21. The molecule has 62 valence electrons. The Morgan fingerprint density at radius 2 is 1.75 bits per heavy atom. The minimum atomic E-state index is -0.285. The number of terminal acetylenes is 1. The summed E-state index contributed by atoms with van der Waals surface area (Å²) in [7, 11) is 0. The van der Waals surface area contributed by atoms with Gasteiger partial charge in [-0.05, 0) is 31.5 Å². The zero-order valence-electron chi connectivity index (χ0n) is 7.46. The Labute approximate surface area is 73.6 Å². The highest BCUT2D eigenvalue weighted by Crippen LogP contribution is 2.16. The van der Waals surface area contributed by atoms with E-state index in [2.05, 4.69) is 5.92 Å². The Hall–Kier alpha value is -1.26. The second-order valence-electron chi connectivity index (χ2n) is 3.44. The van der Waals surface area contributed by atoms with Crippen LogP contribution in [0.1, 0.15) is 25.0 Å². The third-order valence-corrected chi connectivity index (χ3v) is 1.80. The van der Waals surface area contributed by atoms with Gasteiger partial charge in [0, 0.05) is 11.1 Å². The first-order chi connectivity index (χ1) is 5.54. The summed E-state index contributed by atoms with van der Waals surface area (Å²) in [6.07, 6.45) is 5.23. The summed E-state index contributed by atoms with van der Waals surface area (Å²) in [5, 5.41) is 0. The minimum absolute atomic E-state index is 0.285. The fraction of sp³-hybridized carbons (Fsp3) is 0.273. The Morgan fingerprint density at radius 3 is 2.08 bits per heavy atom. The topological polar surface area (TPSA) is 26.0 Å². The van der Waals surface area contributed by atoms with Gasteiger partial charge in [-0.1, -0.05) is 18.1 Å². The molecule has 0 radical (unpaired) electrons. The van der Waals surface area contributed by atoms with E-state index < -0.39 is 0 Å². The lowest BCUT2D eigenvalue weighted by Crippen LogP contribution is -2.28. The molecule has 0 heterocycles. The summed E-state index contributed by atoms with van der Waals surface area (Å²) in [6, 6.07) is 7.75. The summed E-state index contributed by atoms with van der Waals surface area (Å²) >= 11 is 0. The molecule has 0 unspecified atom stereocenters. The van der Waals surface area contributed by atoms with E-state index in [9.17, 15) is 0 Å². The highest BCUT2D eigenvalue weighted by molar-refractivity contribution is 5.36. The fourth-order valence-electron chi connectivity index (χ4n) is 0.996. The molecule has 0 saturated heterocycles. The second kappa shape index (κ2) is 3.00. The first-order valence-electron chi connectivity index (χ1n) is 3.90. The number of rotatable bonds is 1. The molecule has 1 aromatic rings. The van der Waals surface area contributed by atoms with Gasteiger partial charge in [0.15, 0.2) is 0 Å². The van der Waals surface area contributed by atoms with Gasteiger partial charge in [-0.2, -0.15) is 0 Å². The van der Waals surface area contributed by atoms with Crippen molar-refractivity contribution in [1.82, 2.24) is 0 Å². The van der Waals surface area contributed by atoms with Gasteiger partial charge in [-0.3, -0.25) is 0 Å². The molecule has 2 N–H and O–H groups in total. The normalized spacial score (nSPS) is 10.8. The summed E-state index contributed by atoms with van der Waals surface area (Å²) in [6.45, 7) is 3.94. The smallest absolute Gasteiger partial charge is 0.0352 e. The highest BCUT2D eigenvalue weighted by Gasteiger charge is 2.12. The van der Waals surface area contributed by atoms with Crippen molar-refractivity contribution >= 4 is 0 Å². The monoisotopic (exact) mass is 159 g/mol. The van der Waals surface area contributed by atoms with E-state index in [1.54, 1.807) is 0 Å². The van der Waals surface area contributed by atoms with Crippen LogP contribution >= 0.6 is 0 Å². The molecule has 1 heteroatoms. The van der Waals surface area contributed by atoms with E-state index in [0.717, 1.165) is 11.1 Å². The van der Waals surface area contributed by atoms with Crippen LogP contribution < -0.4 is 5.73 Å². The zero-order chi connectivity index (χ0) is 9.19. The third-order valence-electron chi connectivity index (χ3n) is 1.80. The first kappa shape index (κ1) is 8.83. The van der Waals surface area contributed by atoms with Crippen molar-refractivity contribution in [2.45, 2.75) is 19.4 Å². The van der Waals surface area contributed by atoms with E-state index in [-0.39, 0.29) is 5.54 Å². The Balaban J connectivity index is 3.02. The van der Waals surface area contributed by atoms with Gasteiger partial charge in [0.1, 0.15) is 0 Å². The van der Waals surface area contributed by atoms with Crippen molar-refractivity contribution in [3.63, 3.8) is 0 Å². The van der Waals surface area contributed by atoms with Gasteiger partial charge in [0.25, 0.3) is 0 Å². The lowest BCUT2D eigenvalue weighted by atomic mass is 9.95. The van der Waals surface area contributed by atoms with Crippen LogP contribution in [0.3, 0.4) is 0 Å². The fourth-order valence-corrected chi connectivity index (χ4v) is 0.996. The van der Waals surface area contributed by atoms with E-state index in [0.29, 0.717) is 0 Å². The molecule has 12 heavy (non-hydrogen) atoms. The number of hydrogen-bond acceptors (Lipinski definition) is 1. The zero-order valence-corrected chi connectivity index (χ0v) is 7.46. The maximum Gasteiger partial charge on any atom is 0.0352 e. The quantitative estimate of drug-likeness (QED) is 0.622. The van der Waals surface area contributed by atoms with Gasteiger partial charge in [-0.25, -0.2) is 0 Å². The van der Waals surface area contributed by atoms with Gasteiger partial charge >= 0.3 is 0 Å². The molecule has 0 atom stereocenters. The number of nitrogens with two attached hydrogens (primary N) is 1. The molecule has 0 amide bonds. The summed E-state index contributed by atoms with van der Waals surface area (Å²) in [4.78, 5) is 0. The van der Waals surface area contributed by atoms with Gasteiger partial charge < -0.3 is 5.73 Å². The van der Waals surface area contributed by atoms with Crippen molar-refractivity contribution in [2.24, 2.45) is 5.73 Å². The van der Waals surface area contributed by atoms with Crippen molar-refractivity contribution in [3.8, 4) is 12.3 Å². The first-order valence-corrected chi connectivity index (χ1v) is 3.90. The van der Waals surface area contributed by atoms with Crippen LogP contribution in [0.15, 0.2) is 24.3 Å². The number of benzene rings is 1. The third kappa shape index (κ3) is 1.87. The molecular formula is C11H13N. The summed E-state index contributed by atoms with van der Waals surface area (Å²) in [5.74, 6) is 2.56. The molecular weight excluding hydrogens is 146 g/mol. The van der Waals surface area contributed by atoms with Crippen molar-refractivity contribution in [2.75, 3.05) is 0 Å². The van der Waals surface area contributed by atoms with E-state index in [4.69, 9.17) is 12.2 Å². The van der Waals surface area contributed by atoms with Gasteiger partial charge in [0.2, 0.25) is 0 Å². The van der Waals surface area contributed by atoms with Gasteiger partial charge in [0.05, 0.1) is 0 Å². The molecule has 0 spiro atoms. The van der Waals surface area contributed by atoms with Crippen LogP contribution in [0.4, 0.5) is 0 Å². The average molecular weight is 159 g/mol. The molecule has 1 nitrogen and oxygen atoms in total. The molecule has 0 aliphatic carbocycles. The maximum absolute atomic E-state index is 5.90. The maximum atomic E-state index is 5.90. The minimum Gasteiger partial charge on any atom is -0.322 e. The molecule has 0 saturated carbocycles. The molecule has 0 aliphatic rings. The van der Waals surface area contributed by atoms with E-state index >= 15 is 0 Å². The van der Waals surface area contributed by atoms with Crippen LogP contribution in [-0.4, -0.2) is 0 Å². The van der Waals surface area contributed by atoms with Gasteiger partial charge in [-0.15, -0.1) is 6.42 Å². The van der Waals surface area contributed by atoms with Crippen LogP contribution in [0.25, 0.3) is 0 Å². The van der Waals surface area contributed by atoms with E-state index in [1.807, 2.05) is 38.1 Å². The molecule has 0 aliphatic heterocycles. The van der Waals surface area contributed by atoms with Crippen molar-refractivity contribution in [1.29, 1.82) is 0 Å². The predicted octanol–water partition coefficient (Wildman–Crippen LogP) is 1.86. The molecule has 0 fully saturated rings. The van der Waals surface area contributed by atoms with Crippen molar-refractivity contribution in [3.05, 3.63) is 35.4 Å². The Morgan fingerprint density at radius 1 is 1.25 bits per heavy atom. The summed E-state index contributed by atoms with van der Waals surface area (Å²) in [5.41, 5.74) is 7.60. The predicted molar refractivity (Wildman–Crippen MR) is 51.6 cm³/mol. The summed E-state index contributed by atoms with van der Waals surface area (Å²) < 4.78 is 0. The van der Waals surface area contributed by atoms with Crippen LogP contribution in [-0.2, 0) is 5.54 Å². The SMILES string of the molecule is C#Cc1ccc(C(C)(C)N)cc1. The van der Waals surface area contributed by atoms with Crippen LogP contribution in [0, 0.1) is 12.3 Å². The highest BCUT2D eigenvalue weighted by atomic mass is 14.7. The molecule has 1 rings (SSSR count). The molecule has 0 aromatic heterocycles. The second-order valence-corrected chi connectivity index (χ2v) is 3.44. The molecule has 1 aromatic carbocycles. The van der Waals surface area contributed by atoms with Crippen LogP contribution in [0.5, 0.6) is 0 Å². The average Bonchev–Trinajstić information content (AvgIpc) is 2.03. The van der Waals surface area contributed by atoms with Crippen molar-refractivity contribution < 1.29 is 0 Å². The number of hydrogen-bond donors (Lipinski definition) is 1. The van der Waals surface area contributed by atoms with Crippen LogP contribution in [0.2, 0.25) is 0 Å². The largest absolute Gasteiger partial charge is 0.322 e. The molecule has 0 bridgehead atoms. The lowest BCUT2D eigenvalue weighted by molar-refractivity contribution is 0.554. The Bertz CT molecular complexity index is 295. The standard InChI is InChI=1S/C11H13N/c1-4-9-5-7-10(8-6-9)11(2,3)12/h1,5-8H,12H2,2-3H3.